The minimum absolute atomic E-state index is 0.177. The van der Waals surface area contributed by atoms with Crippen molar-refractivity contribution in [1.29, 1.82) is 0 Å². The number of hydrogen-bond acceptors (Lipinski definition) is 8. The molecule has 230 valence electrons. The van der Waals surface area contributed by atoms with Crippen molar-refractivity contribution in [3.8, 4) is 17.2 Å². The number of nitrogens with zero attached hydrogens (tertiary/aromatic N) is 2. The molecule has 1 aliphatic rings. The quantitative estimate of drug-likeness (QED) is 0.357. The number of phenolic OH excluding ortho intramolecular Hbond substituents is 1. The van der Waals surface area contributed by atoms with Crippen molar-refractivity contribution in [3.05, 3.63) is 83.5 Å². The molecule has 0 bridgehead atoms. The Balaban J connectivity index is 2.05. The zero-order valence-electron chi connectivity index (χ0n) is 26.7. The maximum atomic E-state index is 14.3. The van der Waals surface area contributed by atoms with Crippen molar-refractivity contribution in [1.82, 2.24) is 4.57 Å². The Morgan fingerprint density at radius 1 is 1.07 bits per heavy atom. The molecule has 2 aromatic carbocycles. The predicted molar refractivity (Wildman–Crippen MR) is 170 cm³/mol. The summed E-state index contributed by atoms with van der Waals surface area (Å²) >= 11 is 1.25. The van der Waals surface area contributed by atoms with E-state index in [1.807, 2.05) is 37.3 Å². The normalized spacial score (nSPS) is 15.7. The molecule has 1 aromatic heterocycles. The third kappa shape index (κ3) is 6.13. The van der Waals surface area contributed by atoms with Gasteiger partial charge in [-0.25, -0.2) is 9.79 Å². The summed E-state index contributed by atoms with van der Waals surface area (Å²) in [7, 11) is 1.55. The zero-order valence-corrected chi connectivity index (χ0v) is 27.6. The van der Waals surface area contributed by atoms with Crippen LogP contribution in [0.2, 0.25) is 0 Å². The summed E-state index contributed by atoms with van der Waals surface area (Å²) in [5, 5.41) is 11.2. The summed E-state index contributed by atoms with van der Waals surface area (Å²) in [4.78, 5) is 32.8. The average molecular weight is 607 g/mol. The number of para-hydroxylation sites is 1. The number of aromatic hydroxyl groups is 1. The lowest BCUT2D eigenvalue weighted by Crippen LogP contribution is -2.40. The number of aromatic nitrogens is 1. The van der Waals surface area contributed by atoms with Crippen LogP contribution < -0.4 is 24.4 Å². The van der Waals surface area contributed by atoms with E-state index in [-0.39, 0.29) is 34.3 Å². The Kier molecular flexibility index (Phi) is 8.97. The SMILES string of the molecule is CCOC(=O)C1=C(C)N=c2s/c(=C/c3cc(C(C)(C)C)c(O)c(C(C)(C)C)c3)c(=O)n2C1c1cccc(OC)c1OCC. The van der Waals surface area contributed by atoms with Crippen molar-refractivity contribution in [3.63, 3.8) is 0 Å². The number of carbonyl (C=O) groups is 1. The Morgan fingerprint density at radius 3 is 2.23 bits per heavy atom. The van der Waals surface area contributed by atoms with E-state index in [2.05, 4.69) is 41.5 Å². The van der Waals surface area contributed by atoms with E-state index in [4.69, 9.17) is 19.2 Å². The molecule has 1 aliphatic heterocycles. The number of fused-ring (bicyclic) bond motifs is 1. The van der Waals surface area contributed by atoms with Crippen molar-refractivity contribution < 1.29 is 24.1 Å². The number of methoxy groups -OCH3 is 1. The van der Waals surface area contributed by atoms with E-state index in [0.717, 1.165) is 16.7 Å². The van der Waals surface area contributed by atoms with Gasteiger partial charge in [-0.2, -0.15) is 0 Å². The number of thiazole rings is 1. The molecule has 4 rings (SSSR count). The van der Waals surface area contributed by atoms with Crippen molar-refractivity contribution in [2.45, 2.75) is 79.2 Å². The summed E-state index contributed by atoms with van der Waals surface area (Å²) in [6, 6.07) is 8.45. The van der Waals surface area contributed by atoms with Gasteiger partial charge in [-0.15, -0.1) is 0 Å². The lowest BCUT2D eigenvalue weighted by Gasteiger charge is -2.27. The molecule has 0 saturated carbocycles. The predicted octanol–water partition coefficient (Wildman–Crippen LogP) is 5.51. The van der Waals surface area contributed by atoms with Gasteiger partial charge in [-0.05, 0) is 61.4 Å². The Labute approximate surface area is 257 Å². The summed E-state index contributed by atoms with van der Waals surface area (Å²) in [6.45, 7) is 18.2. The van der Waals surface area contributed by atoms with Crippen LogP contribution in [-0.4, -0.2) is 36.0 Å². The van der Waals surface area contributed by atoms with Crippen LogP contribution in [0.5, 0.6) is 17.2 Å². The van der Waals surface area contributed by atoms with Crippen molar-refractivity contribution in [2.75, 3.05) is 20.3 Å². The maximum absolute atomic E-state index is 14.3. The van der Waals surface area contributed by atoms with Gasteiger partial charge in [-0.3, -0.25) is 9.36 Å². The number of hydrogen-bond donors (Lipinski definition) is 1. The number of ether oxygens (including phenoxy) is 3. The number of benzene rings is 2. The molecule has 0 spiro atoms. The maximum Gasteiger partial charge on any atom is 0.338 e. The highest BCUT2D eigenvalue weighted by molar-refractivity contribution is 7.07. The second kappa shape index (κ2) is 12.0. The monoisotopic (exact) mass is 606 g/mol. The molecule has 3 aromatic rings. The van der Waals surface area contributed by atoms with Crippen LogP contribution in [0.3, 0.4) is 0 Å². The van der Waals surface area contributed by atoms with Crippen LogP contribution in [0, 0.1) is 0 Å². The molecule has 1 unspecified atom stereocenters. The second-order valence-electron chi connectivity index (χ2n) is 12.6. The van der Waals surface area contributed by atoms with Crippen molar-refractivity contribution >= 4 is 23.4 Å². The first-order valence-electron chi connectivity index (χ1n) is 14.5. The molecular formula is C34H42N2O6S. The molecule has 0 saturated heterocycles. The Morgan fingerprint density at radius 2 is 1.70 bits per heavy atom. The largest absolute Gasteiger partial charge is 0.507 e. The molecular weight excluding hydrogens is 564 g/mol. The number of carbonyl (C=O) groups excluding carboxylic acids is 1. The smallest absolute Gasteiger partial charge is 0.338 e. The van der Waals surface area contributed by atoms with Gasteiger partial charge in [0, 0.05) is 16.7 Å². The number of rotatable bonds is 7. The van der Waals surface area contributed by atoms with Gasteiger partial charge in [0.2, 0.25) is 0 Å². The average Bonchev–Trinajstić information content (AvgIpc) is 3.21. The van der Waals surface area contributed by atoms with E-state index < -0.39 is 12.0 Å². The van der Waals surface area contributed by atoms with Gasteiger partial charge in [0.15, 0.2) is 16.3 Å². The van der Waals surface area contributed by atoms with E-state index in [0.29, 0.717) is 38.7 Å². The van der Waals surface area contributed by atoms with Crippen molar-refractivity contribution in [2.24, 2.45) is 4.99 Å². The van der Waals surface area contributed by atoms with Crippen LogP contribution in [0.25, 0.3) is 6.08 Å². The summed E-state index contributed by atoms with van der Waals surface area (Å²) in [6.07, 6.45) is 1.84. The van der Waals surface area contributed by atoms with E-state index in [1.54, 1.807) is 31.6 Å². The fraction of sp³-hybridized carbons (Fsp3) is 0.441. The minimum atomic E-state index is -0.843. The second-order valence-corrected chi connectivity index (χ2v) is 13.6. The van der Waals surface area contributed by atoms with Gasteiger partial charge in [0.25, 0.3) is 5.56 Å². The molecule has 0 aliphatic carbocycles. The molecule has 0 amide bonds. The van der Waals surface area contributed by atoms with Gasteiger partial charge >= 0.3 is 5.97 Å². The Bertz CT molecular complexity index is 1730. The van der Waals surface area contributed by atoms with Crippen LogP contribution in [-0.2, 0) is 20.4 Å². The molecule has 43 heavy (non-hydrogen) atoms. The lowest BCUT2D eigenvalue weighted by molar-refractivity contribution is -0.139. The van der Waals surface area contributed by atoms with Gasteiger partial charge < -0.3 is 19.3 Å². The summed E-state index contributed by atoms with van der Waals surface area (Å²) < 4.78 is 19.1. The van der Waals surface area contributed by atoms with E-state index in [9.17, 15) is 14.7 Å². The van der Waals surface area contributed by atoms with Gasteiger partial charge in [0.1, 0.15) is 11.8 Å². The Hall–Kier alpha value is -3.85. The number of esters is 1. The first-order valence-corrected chi connectivity index (χ1v) is 15.3. The molecule has 2 heterocycles. The fourth-order valence-electron chi connectivity index (χ4n) is 5.33. The van der Waals surface area contributed by atoms with Crippen LogP contribution >= 0.6 is 11.3 Å². The highest BCUT2D eigenvalue weighted by Gasteiger charge is 2.36. The molecule has 0 radical (unpaired) electrons. The molecule has 9 heteroatoms. The highest BCUT2D eigenvalue weighted by Crippen LogP contribution is 2.42. The molecule has 0 fully saturated rings. The zero-order chi connectivity index (χ0) is 31.9. The minimum Gasteiger partial charge on any atom is -0.507 e. The molecule has 1 N–H and O–H groups in total. The summed E-state index contributed by atoms with van der Waals surface area (Å²) in [5.74, 6) is 0.672. The number of phenols is 1. The van der Waals surface area contributed by atoms with Crippen LogP contribution in [0.15, 0.2) is 51.4 Å². The van der Waals surface area contributed by atoms with E-state index in [1.165, 1.54) is 11.3 Å². The van der Waals surface area contributed by atoms with Gasteiger partial charge in [-0.1, -0.05) is 65.0 Å². The standard InChI is InChI=1S/C34H42N2O6S/c1-11-41-29-21(14-13-15-24(29)40-10)27-26(31(39)42-12-2)19(3)35-32-36(27)30(38)25(43-32)18-20-16-22(33(4,5)6)28(37)23(17-20)34(7,8)9/h13-18,27,37H,11-12H2,1-10H3/b25-18+. The first kappa shape index (κ1) is 32.1. The van der Waals surface area contributed by atoms with Gasteiger partial charge in [0.05, 0.1) is 36.1 Å². The lowest BCUT2D eigenvalue weighted by atomic mass is 9.78. The van der Waals surface area contributed by atoms with Crippen LogP contribution in [0.4, 0.5) is 0 Å². The molecule has 8 nitrogen and oxygen atoms in total. The summed E-state index contributed by atoms with van der Waals surface area (Å²) in [5.41, 5.74) is 2.79. The number of allylic oxidation sites excluding steroid dienone is 1. The highest BCUT2D eigenvalue weighted by atomic mass is 32.1. The van der Waals surface area contributed by atoms with Crippen LogP contribution in [0.1, 0.15) is 90.6 Å². The first-order chi connectivity index (χ1) is 20.1. The third-order valence-corrected chi connectivity index (χ3v) is 8.36. The topological polar surface area (TPSA) is 99.4 Å². The van der Waals surface area contributed by atoms with E-state index >= 15 is 0 Å². The fourth-order valence-corrected chi connectivity index (χ4v) is 6.37. The molecule has 1 atom stereocenters. The third-order valence-electron chi connectivity index (χ3n) is 7.38.